The molecule has 1 atom stereocenters. The Labute approximate surface area is 172 Å². The highest BCUT2D eigenvalue weighted by Gasteiger charge is 2.35. The van der Waals surface area contributed by atoms with Gasteiger partial charge in [0.2, 0.25) is 10.0 Å². The second-order valence-electron chi connectivity index (χ2n) is 6.87. The van der Waals surface area contributed by atoms with Crippen LogP contribution in [-0.2, 0) is 10.0 Å². The van der Waals surface area contributed by atoms with E-state index in [1.807, 2.05) is 0 Å². The summed E-state index contributed by atoms with van der Waals surface area (Å²) in [5.41, 5.74) is 1.05. The third-order valence-corrected chi connectivity index (χ3v) is 6.66. The van der Waals surface area contributed by atoms with Crippen LogP contribution in [0.1, 0.15) is 23.0 Å². The van der Waals surface area contributed by atoms with Gasteiger partial charge in [-0.25, -0.2) is 8.42 Å². The zero-order valence-corrected chi connectivity index (χ0v) is 17.1. The van der Waals surface area contributed by atoms with Crippen molar-refractivity contribution in [2.24, 2.45) is 0 Å². The number of hydrogen-bond donors (Lipinski definition) is 0. The molecule has 30 heavy (non-hydrogen) atoms. The predicted octanol–water partition coefficient (Wildman–Crippen LogP) is 2.82. The minimum atomic E-state index is -4.86. The first-order valence-corrected chi connectivity index (χ1v) is 10.5. The third kappa shape index (κ3) is 4.73. The Morgan fingerprint density at radius 3 is 2.40 bits per heavy atom. The van der Waals surface area contributed by atoms with E-state index in [0.717, 1.165) is 24.3 Å². The number of carbonyl (C=O) groups excluding carboxylic acids is 1. The van der Waals surface area contributed by atoms with E-state index in [1.165, 1.54) is 4.31 Å². The van der Waals surface area contributed by atoms with Crippen LogP contribution in [0.5, 0.6) is 5.75 Å². The van der Waals surface area contributed by atoms with Crippen LogP contribution in [0.3, 0.4) is 0 Å². The van der Waals surface area contributed by atoms with Crippen LogP contribution in [0.25, 0.3) is 0 Å². The number of benzene rings is 1. The van der Waals surface area contributed by atoms with E-state index < -0.39 is 28.2 Å². The van der Waals surface area contributed by atoms with Crippen molar-refractivity contribution >= 4 is 15.9 Å². The van der Waals surface area contributed by atoms with Gasteiger partial charge < -0.3 is 9.64 Å². The summed E-state index contributed by atoms with van der Waals surface area (Å²) in [5.74, 6) is -0.726. The van der Waals surface area contributed by atoms with E-state index in [0.29, 0.717) is 11.3 Å². The highest BCUT2D eigenvalue weighted by Crippen LogP contribution is 2.26. The number of amides is 1. The second-order valence-corrected chi connectivity index (χ2v) is 8.80. The van der Waals surface area contributed by atoms with Crippen LogP contribution in [0, 0.1) is 6.92 Å². The van der Waals surface area contributed by atoms with Gasteiger partial charge in [0.15, 0.2) is 0 Å². The van der Waals surface area contributed by atoms with Gasteiger partial charge in [-0.1, -0.05) is 0 Å². The standard InChI is InChI=1S/C19H20F3N3O4S/c1-13-12-24(10-11-25(13)18(26)17-4-3-9-23-14(17)2)30(27,28)16-7-5-15(6-8-16)29-19(20,21)22/h3-9,13H,10-12H2,1-2H3/t13-/m0/s1. The van der Waals surface area contributed by atoms with Crippen molar-refractivity contribution in [3.8, 4) is 5.75 Å². The number of pyridine rings is 1. The number of piperazine rings is 1. The molecule has 0 saturated carbocycles. The molecule has 0 spiro atoms. The van der Waals surface area contributed by atoms with Crippen LogP contribution >= 0.6 is 0 Å². The molecule has 0 radical (unpaired) electrons. The maximum Gasteiger partial charge on any atom is 0.573 e. The van der Waals surface area contributed by atoms with Crippen molar-refractivity contribution in [3.63, 3.8) is 0 Å². The minimum absolute atomic E-state index is 0.0637. The largest absolute Gasteiger partial charge is 0.573 e. The van der Waals surface area contributed by atoms with Crippen molar-refractivity contribution < 1.29 is 31.1 Å². The molecule has 2 aromatic rings. The highest BCUT2D eigenvalue weighted by molar-refractivity contribution is 7.89. The summed E-state index contributed by atoms with van der Waals surface area (Å²) in [7, 11) is -3.93. The summed E-state index contributed by atoms with van der Waals surface area (Å²) >= 11 is 0. The lowest BCUT2D eigenvalue weighted by Gasteiger charge is -2.39. The molecule has 1 saturated heterocycles. The zero-order chi connectivity index (χ0) is 22.1. The lowest BCUT2D eigenvalue weighted by molar-refractivity contribution is -0.274. The van der Waals surface area contributed by atoms with Crippen molar-refractivity contribution in [2.45, 2.75) is 31.1 Å². The molecule has 1 aromatic carbocycles. The first-order valence-electron chi connectivity index (χ1n) is 9.07. The fraction of sp³-hybridized carbons (Fsp3) is 0.368. The van der Waals surface area contributed by atoms with E-state index in [9.17, 15) is 26.4 Å². The van der Waals surface area contributed by atoms with Crippen molar-refractivity contribution in [1.82, 2.24) is 14.2 Å². The number of sulfonamides is 1. The Morgan fingerprint density at radius 2 is 1.83 bits per heavy atom. The first kappa shape index (κ1) is 22.0. The number of halogens is 3. The Hall–Kier alpha value is -2.66. The SMILES string of the molecule is Cc1ncccc1C(=O)N1CCN(S(=O)(=O)c2ccc(OC(F)(F)F)cc2)C[C@@H]1C. The minimum Gasteiger partial charge on any atom is -0.406 e. The van der Waals surface area contributed by atoms with Crippen LogP contribution < -0.4 is 4.74 Å². The molecule has 3 rings (SSSR count). The van der Waals surface area contributed by atoms with Crippen molar-refractivity contribution in [1.29, 1.82) is 0 Å². The van der Waals surface area contributed by atoms with Crippen LogP contribution in [0.4, 0.5) is 13.2 Å². The van der Waals surface area contributed by atoms with E-state index in [-0.39, 0.29) is 30.4 Å². The summed E-state index contributed by atoms with van der Waals surface area (Å²) in [6.07, 6.45) is -3.27. The summed E-state index contributed by atoms with van der Waals surface area (Å²) in [4.78, 5) is 18.4. The Balaban J connectivity index is 1.72. The molecular formula is C19H20F3N3O4S. The monoisotopic (exact) mass is 443 g/mol. The number of nitrogens with zero attached hydrogens (tertiary/aromatic N) is 3. The molecule has 7 nitrogen and oxygen atoms in total. The number of aryl methyl sites for hydroxylation is 1. The lowest BCUT2D eigenvalue weighted by Crippen LogP contribution is -2.55. The molecule has 1 aliphatic heterocycles. The molecule has 0 N–H and O–H groups in total. The van der Waals surface area contributed by atoms with E-state index in [4.69, 9.17) is 0 Å². The molecule has 1 amide bonds. The third-order valence-electron chi connectivity index (χ3n) is 4.78. The summed E-state index contributed by atoms with van der Waals surface area (Å²) < 4.78 is 67.6. The number of carbonyl (C=O) groups is 1. The van der Waals surface area contributed by atoms with E-state index in [1.54, 1.807) is 37.1 Å². The topological polar surface area (TPSA) is 79.8 Å². The lowest BCUT2D eigenvalue weighted by atomic mass is 10.1. The number of aromatic nitrogens is 1. The van der Waals surface area contributed by atoms with Gasteiger partial charge in [0.05, 0.1) is 10.5 Å². The fourth-order valence-corrected chi connectivity index (χ4v) is 4.78. The fourth-order valence-electron chi connectivity index (χ4n) is 3.27. The van der Waals surface area contributed by atoms with Gasteiger partial charge in [-0.2, -0.15) is 4.31 Å². The van der Waals surface area contributed by atoms with Crippen LogP contribution in [0.15, 0.2) is 47.5 Å². The Morgan fingerprint density at radius 1 is 1.17 bits per heavy atom. The Kier molecular flexibility index (Phi) is 6.04. The highest BCUT2D eigenvalue weighted by atomic mass is 32.2. The average molecular weight is 443 g/mol. The normalized spacial score (nSPS) is 18.3. The molecule has 0 aliphatic carbocycles. The second kappa shape index (κ2) is 8.23. The van der Waals surface area contributed by atoms with Crippen molar-refractivity contribution in [3.05, 3.63) is 53.9 Å². The molecule has 162 valence electrons. The molecule has 1 aromatic heterocycles. The summed E-state index contributed by atoms with van der Waals surface area (Å²) in [5, 5.41) is 0. The number of rotatable bonds is 4. The molecule has 1 aliphatic rings. The van der Waals surface area contributed by atoms with Crippen LogP contribution in [0.2, 0.25) is 0 Å². The van der Waals surface area contributed by atoms with Gasteiger partial charge in [0.1, 0.15) is 5.75 Å². The van der Waals surface area contributed by atoms with E-state index >= 15 is 0 Å². The van der Waals surface area contributed by atoms with E-state index in [2.05, 4.69) is 9.72 Å². The molecule has 2 heterocycles. The Bertz CT molecular complexity index is 1030. The number of alkyl halides is 3. The quantitative estimate of drug-likeness (QED) is 0.726. The van der Waals surface area contributed by atoms with Gasteiger partial charge in [0, 0.05) is 37.6 Å². The number of ether oxygens (including phenoxy) is 1. The van der Waals surface area contributed by atoms with Gasteiger partial charge in [-0.05, 0) is 50.2 Å². The smallest absolute Gasteiger partial charge is 0.406 e. The predicted molar refractivity (Wildman–Crippen MR) is 101 cm³/mol. The van der Waals surface area contributed by atoms with Gasteiger partial charge in [0.25, 0.3) is 5.91 Å². The van der Waals surface area contributed by atoms with Gasteiger partial charge in [-0.3, -0.25) is 9.78 Å². The zero-order valence-electron chi connectivity index (χ0n) is 16.3. The van der Waals surface area contributed by atoms with Crippen LogP contribution in [-0.4, -0.2) is 60.6 Å². The van der Waals surface area contributed by atoms with Gasteiger partial charge in [-0.15, -0.1) is 13.2 Å². The van der Waals surface area contributed by atoms with Gasteiger partial charge >= 0.3 is 6.36 Å². The molecule has 0 unspecified atom stereocenters. The molecule has 11 heteroatoms. The molecule has 0 bridgehead atoms. The number of hydrogen-bond acceptors (Lipinski definition) is 5. The maximum atomic E-state index is 12.9. The van der Waals surface area contributed by atoms with Crippen molar-refractivity contribution in [2.75, 3.05) is 19.6 Å². The first-order chi connectivity index (χ1) is 14.0. The summed E-state index contributed by atoms with van der Waals surface area (Å²) in [6.45, 7) is 3.78. The maximum absolute atomic E-state index is 12.9. The summed E-state index contributed by atoms with van der Waals surface area (Å²) in [6, 6.07) is 6.98. The molecular weight excluding hydrogens is 423 g/mol. The molecule has 1 fully saturated rings. The average Bonchev–Trinajstić information content (AvgIpc) is 2.67.